The summed E-state index contributed by atoms with van der Waals surface area (Å²) in [6.07, 6.45) is 0.345. The van der Waals surface area contributed by atoms with Crippen molar-refractivity contribution in [2.45, 2.75) is 13.3 Å². The van der Waals surface area contributed by atoms with E-state index < -0.39 is 0 Å². The molecule has 0 aromatic heterocycles. The molecule has 0 heterocycles. The van der Waals surface area contributed by atoms with Gasteiger partial charge in [-0.2, -0.15) is 5.26 Å². The first-order chi connectivity index (χ1) is 9.97. The van der Waals surface area contributed by atoms with Gasteiger partial charge in [0.15, 0.2) is 0 Å². The van der Waals surface area contributed by atoms with E-state index >= 15 is 0 Å². The molecule has 0 radical (unpaired) electrons. The zero-order valence-corrected chi connectivity index (χ0v) is 12.5. The van der Waals surface area contributed by atoms with Gasteiger partial charge in [-0.1, -0.05) is 19.1 Å². The third-order valence-electron chi connectivity index (χ3n) is 3.08. The molecular formula is C15H20N4O2. The van der Waals surface area contributed by atoms with Crippen molar-refractivity contribution in [1.82, 2.24) is 10.2 Å². The first-order valence-corrected chi connectivity index (χ1v) is 6.67. The number of nitrogens with one attached hydrogen (secondary N) is 2. The van der Waals surface area contributed by atoms with Crippen LogP contribution in [-0.2, 0) is 11.2 Å². The molecule has 0 fully saturated rings. The maximum Gasteiger partial charge on any atom is 0.321 e. The molecule has 1 rings (SSSR count). The van der Waals surface area contributed by atoms with Crippen LogP contribution in [0.1, 0.15) is 12.5 Å². The number of anilines is 1. The van der Waals surface area contributed by atoms with Gasteiger partial charge < -0.3 is 15.5 Å². The monoisotopic (exact) mass is 288 g/mol. The summed E-state index contributed by atoms with van der Waals surface area (Å²) in [7, 11) is 3.21. The van der Waals surface area contributed by atoms with Crippen LogP contribution in [0.3, 0.4) is 0 Å². The molecule has 3 amide bonds. The quantitative estimate of drug-likeness (QED) is 0.863. The van der Waals surface area contributed by atoms with Crippen LogP contribution in [0.15, 0.2) is 24.3 Å². The molecule has 1 atom stereocenters. The maximum atomic E-state index is 12.0. The molecule has 0 saturated heterocycles. The van der Waals surface area contributed by atoms with Gasteiger partial charge in [-0.3, -0.25) is 4.79 Å². The Labute approximate surface area is 124 Å². The first-order valence-electron chi connectivity index (χ1n) is 6.67. The average molecular weight is 288 g/mol. The third kappa shape index (κ3) is 5.15. The number of urea groups is 1. The molecule has 2 N–H and O–H groups in total. The summed E-state index contributed by atoms with van der Waals surface area (Å²) >= 11 is 0. The highest BCUT2D eigenvalue weighted by Crippen LogP contribution is 2.11. The molecule has 6 heteroatoms. The zero-order valence-electron chi connectivity index (χ0n) is 12.5. The van der Waals surface area contributed by atoms with Gasteiger partial charge in [-0.15, -0.1) is 0 Å². The fourth-order valence-electron chi connectivity index (χ4n) is 1.84. The normalized spacial score (nSPS) is 11.1. The van der Waals surface area contributed by atoms with Gasteiger partial charge in [-0.25, -0.2) is 4.79 Å². The number of nitrogens with zero attached hydrogens (tertiary/aromatic N) is 2. The lowest BCUT2D eigenvalue weighted by atomic mass is 10.1. The van der Waals surface area contributed by atoms with Gasteiger partial charge in [0.05, 0.1) is 18.4 Å². The van der Waals surface area contributed by atoms with E-state index in [4.69, 9.17) is 5.26 Å². The van der Waals surface area contributed by atoms with E-state index in [0.29, 0.717) is 18.7 Å². The number of nitriles is 1. The Morgan fingerprint density at radius 2 is 1.95 bits per heavy atom. The fourth-order valence-corrected chi connectivity index (χ4v) is 1.84. The van der Waals surface area contributed by atoms with Crippen molar-refractivity contribution in [3.05, 3.63) is 29.8 Å². The SMILES string of the molecule is CNC(=O)[C@@H](C)CN(C)C(=O)Nc1ccc(CC#N)cc1. The van der Waals surface area contributed by atoms with Gasteiger partial charge in [0.25, 0.3) is 0 Å². The second kappa shape index (κ2) is 7.90. The highest BCUT2D eigenvalue weighted by atomic mass is 16.2. The molecule has 0 aliphatic rings. The lowest BCUT2D eigenvalue weighted by Gasteiger charge is -2.21. The van der Waals surface area contributed by atoms with Crippen LogP contribution in [0.5, 0.6) is 0 Å². The van der Waals surface area contributed by atoms with Gasteiger partial charge in [0.2, 0.25) is 5.91 Å². The van der Waals surface area contributed by atoms with Crippen molar-refractivity contribution in [2.75, 3.05) is 26.0 Å². The minimum absolute atomic E-state index is 0.101. The second-order valence-corrected chi connectivity index (χ2v) is 4.86. The van der Waals surface area contributed by atoms with Crippen molar-refractivity contribution in [3.63, 3.8) is 0 Å². The average Bonchev–Trinajstić information content (AvgIpc) is 2.48. The summed E-state index contributed by atoms with van der Waals surface area (Å²) in [5.41, 5.74) is 1.55. The molecule has 0 saturated carbocycles. The van der Waals surface area contributed by atoms with Crippen LogP contribution in [0, 0.1) is 17.2 Å². The summed E-state index contributed by atoms with van der Waals surface area (Å²) in [5, 5.41) is 13.9. The number of hydrogen-bond acceptors (Lipinski definition) is 3. The maximum absolute atomic E-state index is 12.0. The predicted octanol–water partition coefficient (Wildman–Crippen LogP) is 1.60. The minimum Gasteiger partial charge on any atom is -0.359 e. The summed E-state index contributed by atoms with van der Waals surface area (Å²) < 4.78 is 0. The van der Waals surface area contributed by atoms with Crippen molar-refractivity contribution in [2.24, 2.45) is 5.92 Å². The topological polar surface area (TPSA) is 85.2 Å². The van der Waals surface area contributed by atoms with Crippen LogP contribution in [0.25, 0.3) is 0 Å². The summed E-state index contributed by atoms with van der Waals surface area (Å²) in [6, 6.07) is 8.88. The lowest BCUT2D eigenvalue weighted by Crippen LogP contribution is -2.39. The molecule has 0 bridgehead atoms. The molecule has 1 aromatic carbocycles. The van der Waals surface area contributed by atoms with Gasteiger partial charge in [-0.05, 0) is 17.7 Å². The highest BCUT2D eigenvalue weighted by Gasteiger charge is 2.17. The van der Waals surface area contributed by atoms with Crippen LogP contribution >= 0.6 is 0 Å². The molecule has 0 spiro atoms. The summed E-state index contributed by atoms with van der Waals surface area (Å²) in [6.45, 7) is 2.09. The van der Waals surface area contributed by atoms with Crippen LogP contribution < -0.4 is 10.6 Å². The molecule has 112 valence electrons. The summed E-state index contributed by atoms with van der Waals surface area (Å²) in [4.78, 5) is 24.9. The van der Waals surface area contributed by atoms with E-state index in [1.165, 1.54) is 4.90 Å². The third-order valence-corrected chi connectivity index (χ3v) is 3.08. The van der Waals surface area contributed by atoms with Gasteiger partial charge in [0.1, 0.15) is 0 Å². The fraction of sp³-hybridized carbons (Fsp3) is 0.400. The lowest BCUT2D eigenvalue weighted by molar-refractivity contribution is -0.124. The number of amides is 3. The van der Waals surface area contributed by atoms with E-state index in [2.05, 4.69) is 16.7 Å². The number of hydrogen-bond donors (Lipinski definition) is 2. The Balaban J connectivity index is 2.56. The van der Waals surface area contributed by atoms with Crippen molar-refractivity contribution in [3.8, 4) is 6.07 Å². The Hall–Kier alpha value is -2.55. The van der Waals surface area contributed by atoms with Gasteiger partial charge >= 0.3 is 6.03 Å². The van der Waals surface area contributed by atoms with E-state index in [9.17, 15) is 9.59 Å². The second-order valence-electron chi connectivity index (χ2n) is 4.86. The van der Waals surface area contributed by atoms with Gasteiger partial charge in [0, 0.05) is 26.3 Å². The molecular weight excluding hydrogens is 268 g/mol. The van der Waals surface area contributed by atoms with Crippen LogP contribution in [-0.4, -0.2) is 37.5 Å². The van der Waals surface area contributed by atoms with E-state index in [1.54, 1.807) is 45.3 Å². The van der Waals surface area contributed by atoms with E-state index in [-0.39, 0.29) is 17.9 Å². The van der Waals surface area contributed by atoms with E-state index in [1.807, 2.05) is 0 Å². The molecule has 1 aromatic rings. The van der Waals surface area contributed by atoms with Crippen molar-refractivity contribution < 1.29 is 9.59 Å². The van der Waals surface area contributed by atoms with Crippen molar-refractivity contribution in [1.29, 1.82) is 5.26 Å². The van der Waals surface area contributed by atoms with Crippen LogP contribution in [0.2, 0.25) is 0 Å². The molecule has 0 aliphatic heterocycles. The van der Waals surface area contributed by atoms with Crippen LogP contribution in [0.4, 0.5) is 10.5 Å². The zero-order chi connectivity index (χ0) is 15.8. The molecule has 21 heavy (non-hydrogen) atoms. The first kappa shape index (κ1) is 16.5. The Morgan fingerprint density at radius 3 is 2.48 bits per heavy atom. The smallest absolute Gasteiger partial charge is 0.321 e. The Bertz CT molecular complexity index is 534. The highest BCUT2D eigenvalue weighted by molar-refractivity contribution is 5.89. The Morgan fingerprint density at radius 1 is 1.33 bits per heavy atom. The number of carbonyl (C=O) groups excluding carboxylic acids is 2. The summed E-state index contributed by atoms with van der Waals surface area (Å²) in [5.74, 6) is -0.376. The minimum atomic E-state index is -0.279. The predicted molar refractivity (Wildman–Crippen MR) is 80.6 cm³/mol. The molecule has 0 aliphatic carbocycles. The largest absolute Gasteiger partial charge is 0.359 e. The molecule has 6 nitrogen and oxygen atoms in total. The van der Waals surface area contributed by atoms with Crippen molar-refractivity contribution >= 4 is 17.6 Å². The standard InChI is InChI=1S/C15H20N4O2/c1-11(14(20)17-2)10-19(3)15(21)18-13-6-4-12(5-7-13)8-9-16/h4-7,11H,8,10H2,1-3H3,(H,17,20)(H,18,21)/t11-/m0/s1. The number of rotatable bonds is 5. The number of carbonyl (C=O) groups is 2. The number of benzene rings is 1. The van der Waals surface area contributed by atoms with E-state index in [0.717, 1.165) is 5.56 Å². The Kier molecular flexibility index (Phi) is 6.21. The molecule has 0 unspecified atom stereocenters.